The van der Waals surface area contributed by atoms with Crippen molar-refractivity contribution in [3.8, 4) is 17.2 Å². The first-order chi connectivity index (χ1) is 16.9. The normalized spacial score (nSPS) is 19.3. The summed E-state index contributed by atoms with van der Waals surface area (Å²) in [5.74, 6) is 1.15. The molecule has 0 bridgehead atoms. The number of benzene rings is 2. The van der Waals surface area contributed by atoms with Crippen LogP contribution in [0.3, 0.4) is 0 Å². The van der Waals surface area contributed by atoms with Gasteiger partial charge in [-0.3, -0.25) is 4.79 Å². The zero-order valence-corrected chi connectivity index (χ0v) is 21.3. The van der Waals surface area contributed by atoms with Gasteiger partial charge in [-0.05, 0) is 37.1 Å². The molecule has 2 saturated heterocycles. The number of sulfonamides is 1. The fourth-order valence-electron chi connectivity index (χ4n) is 4.80. The van der Waals surface area contributed by atoms with Crippen molar-refractivity contribution in [3.63, 3.8) is 0 Å². The molecule has 0 aromatic heterocycles. The van der Waals surface area contributed by atoms with Crippen LogP contribution in [0.2, 0.25) is 0 Å². The second kappa shape index (κ2) is 10.7. The van der Waals surface area contributed by atoms with E-state index >= 15 is 0 Å². The van der Waals surface area contributed by atoms with Gasteiger partial charge in [-0.15, -0.1) is 0 Å². The van der Waals surface area contributed by atoms with E-state index in [0.717, 1.165) is 11.4 Å². The zero-order valence-electron chi connectivity index (χ0n) is 20.5. The summed E-state index contributed by atoms with van der Waals surface area (Å²) in [5.41, 5.74) is 1.02. The maximum absolute atomic E-state index is 13.5. The molecular weight excluding hydrogens is 470 g/mol. The van der Waals surface area contributed by atoms with Crippen LogP contribution in [-0.2, 0) is 14.8 Å². The third kappa shape index (κ3) is 5.18. The molecule has 4 rings (SSSR count). The Morgan fingerprint density at radius 1 is 0.886 bits per heavy atom. The molecule has 0 radical (unpaired) electrons. The van der Waals surface area contributed by atoms with Crippen LogP contribution in [0.15, 0.2) is 47.4 Å². The lowest BCUT2D eigenvalue weighted by Gasteiger charge is -2.39. The summed E-state index contributed by atoms with van der Waals surface area (Å²) in [6.07, 6.45) is 1.30. The molecule has 0 saturated carbocycles. The van der Waals surface area contributed by atoms with Gasteiger partial charge in [0.05, 0.1) is 32.9 Å². The highest BCUT2D eigenvalue weighted by atomic mass is 32.2. The number of para-hydroxylation sites is 2. The topological polar surface area (TPSA) is 88.6 Å². The van der Waals surface area contributed by atoms with Crippen molar-refractivity contribution in [2.45, 2.75) is 17.7 Å². The van der Waals surface area contributed by atoms with E-state index in [-0.39, 0.29) is 29.0 Å². The van der Waals surface area contributed by atoms with Gasteiger partial charge < -0.3 is 24.0 Å². The summed E-state index contributed by atoms with van der Waals surface area (Å²) < 4.78 is 44.4. The molecule has 1 atom stereocenters. The largest absolute Gasteiger partial charge is 0.497 e. The van der Waals surface area contributed by atoms with Crippen molar-refractivity contribution < 1.29 is 27.4 Å². The van der Waals surface area contributed by atoms with Crippen molar-refractivity contribution >= 4 is 21.6 Å². The van der Waals surface area contributed by atoms with E-state index < -0.39 is 10.0 Å². The lowest BCUT2D eigenvalue weighted by Crippen LogP contribution is -2.53. The Labute approximate surface area is 207 Å². The molecule has 9 nitrogen and oxygen atoms in total. The monoisotopic (exact) mass is 503 g/mol. The molecule has 1 amide bonds. The lowest BCUT2D eigenvalue weighted by molar-refractivity contribution is -0.137. The Balaban J connectivity index is 1.44. The van der Waals surface area contributed by atoms with Crippen LogP contribution < -0.4 is 19.1 Å². The first kappa shape index (κ1) is 25.1. The first-order valence-corrected chi connectivity index (χ1v) is 13.2. The Kier molecular flexibility index (Phi) is 7.71. The highest BCUT2D eigenvalue weighted by molar-refractivity contribution is 7.89. The van der Waals surface area contributed by atoms with Crippen LogP contribution in [0, 0.1) is 5.92 Å². The highest BCUT2D eigenvalue weighted by Gasteiger charge is 2.37. The molecule has 2 aromatic carbocycles. The Morgan fingerprint density at radius 3 is 2.29 bits per heavy atom. The van der Waals surface area contributed by atoms with Gasteiger partial charge in [0.2, 0.25) is 15.9 Å². The van der Waals surface area contributed by atoms with Gasteiger partial charge in [0.1, 0.15) is 22.1 Å². The van der Waals surface area contributed by atoms with Crippen LogP contribution >= 0.6 is 0 Å². The van der Waals surface area contributed by atoms with Crippen LogP contribution in [-0.4, -0.2) is 84.1 Å². The van der Waals surface area contributed by atoms with Gasteiger partial charge >= 0.3 is 0 Å². The molecule has 0 aliphatic carbocycles. The Morgan fingerprint density at radius 2 is 1.60 bits per heavy atom. The summed E-state index contributed by atoms with van der Waals surface area (Å²) in [7, 11) is 0.730. The van der Waals surface area contributed by atoms with Gasteiger partial charge in [0, 0.05) is 45.3 Å². The number of hydrogen-bond donors (Lipinski definition) is 0. The number of carbonyl (C=O) groups excluding carboxylic acids is 1. The number of rotatable bonds is 7. The number of anilines is 1. The van der Waals surface area contributed by atoms with Gasteiger partial charge in [0.15, 0.2) is 0 Å². The average molecular weight is 504 g/mol. The van der Waals surface area contributed by atoms with Gasteiger partial charge in [-0.1, -0.05) is 12.1 Å². The molecule has 2 heterocycles. The van der Waals surface area contributed by atoms with E-state index in [0.29, 0.717) is 51.3 Å². The van der Waals surface area contributed by atoms with Crippen molar-refractivity contribution in [1.29, 1.82) is 0 Å². The number of piperazine rings is 1. The average Bonchev–Trinajstić information content (AvgIpc) is 2.92. The molecule has 0 N–H and O–H groups in total. The molecule has 2 aromatic rings. The number of hydrogen-bond acceptors (Lipinski definition) is 7. The molecule has 190 valence electrons. The summed E-state index contributed by atoms with van der Waals surface area (Å²) in [6.45, 7) is 3.10. The molecule has 2 fully saturated rings. The highest BCUT2D eigenvalue weighted by Crippen LogP contribution is 2.33. The fraction of sp³-hybridized carbons (Fsp3) is 0.480. The van der Waals surface area contributed by atoms with E-state index in [9.17, 15) is 13.2 Å². The summed E-state index contributed by atoms with van der Waals surface area (Å²) >= 11 is 0. The van der Waals surface area contributed by atoms with E-state index in [1.807, 2.05) is 29.2 Å². The maximum atomic E-state index is 13.5. The van der Waals surface area contributed by atoms with E-state index in [1.165, 1.54) is 24.6 Å². The number of carbonyl (C=O) groups is 1. The van der Waals surface area contributed by atoms with Gasteiger partial charge in [0.25, 0.3) is 0 Å². The van der Waals surface area contributed by atoms with Crippen LogP contribution in [0.1, 0.15) is 12.8 Å². The van der Waals surface area contributed by atoms with Gasteiger partial charge in [-0.25, -0.2) is 8.42 Å². The second-order valence-electron chi connectivity index (χ2n) is 8.70. The Bertz CT molecular complexity index is 1150. The second-order valence-corrected chi connectivity index (χ2v) is 10.6. The van der Waals surface area contributed by atoms with Crippen molar-refractivity contribution in [3.05, 3.63) is 42.5 Å². The van der Waals surface area contributed by atoms with E-state index in [4.69, 9.17) is 14.2 Å². The van der Waals surface area contributed by atoms with E-state index in [1.54, 1.807) is 19.2 Å². The summed E-state index contributed by atoms with van der Waals surface area (Å²) in [4.78, 5) is 17.5. The third-order valence-corrected chi connectivity index (χ3v) is 8.63. The van der Waals surface area contributed by atoms with Crippen LogP contribution in [0.5, 0.6) is 17.2 Å². The van der Waals surface area contributed by atoms with Crippen molar-refractivity contribution in [2.75, 3.05) is 65.5 Å². The molecular formula is C25H33N3O6S. The van der Waals surface area contributed by atoms with Gasteiger partial charge in [-0.2, -0.15) is 4.31 Å². The molecule has 0 spiro atoms. The standard InChI is InChI=1S/C25H33N3O6S/c1-32-20-10-11-23(34-3)24(17-20)35(30,31)28-12-6-7-19(18-28)25(29)27-15-13-26(14-16-27)21-8-4-5-9-22(21)33-2/h4-5,8-11,17,19H,6-7,12-16,18H2,1-3H3/t19-/m1/s1. The number of nitrogens with zero attached hydrogens (tertiary/aromatic N) is 3. The minimum Gasteiger partial charge on any atom is -0.497 e. The summed E-state index contributed by atoms with van der Waals surface area (Å²) in [6, 6.07) is 12.6. The zero-order chi connectivity index (χ0) is 25.0. The number of amides is 1. The smallest absolute Gasteiger partial charge is 0.246 e. The van der Waals surface area contributed by atoms with Crippen molar-refractivity contribution in [2.24, 2.45) is 5.92 Å². The maximum Gasteiger partial charge on any atom is 0.246 e. The first-order valence-electron chi connectivity index (χ1n) is 11.8. The predicted molar refractivity (Wildman–Crippen MR) is 133 cm³/mol. The molecule has 10 heteroatoms. The minimum atomic E-state index is -3.85. The van der Waals surface area contributed by atoms with Crippen LogP contribution in [0.4, 0.5) is 5.69 Å². The van der Waals surface area contributed by atoms with Crippen molar-refractivity contribution in [1.82, 2.24) is 9.21 Å². The SMILES string of the molecule is COc1ccc(OC)c(S(=O)(=O)N2CCC[C@@H](C(=O)N3CCN(c4ccccc4OC)CC3)C2)c1. The molecule has 0 unspecified atom stereocenters. The Hall–Kier alpha value is -2.98. The minimum absolute atomic E-state index is 0.0159. The molecule has 2 aliphatic rings. The fourth-order valence-corrected chi connectivity index (χ4v) is 6.50. The quantitative estimate of drug-likeness (QED) is 0.574. The van der Waals surface area contributed by atoms with E-state index in [2.05, 4.69) is 4.90 Å². The predicted octanol–water partition coefficient (Wildman–Crippen LogP) is 2.46. The number of piperidine rings is 1. The number of methoxy groups -OCH3 is 3. The summed E-state index contributed by atoms with van der Waals surface area (Å²) in [5, 5.41) is 0. The lowest BCUT2D eigenvalue weighted by atomic mass is 9.97. The molecule has 2 aliphatic heterocycles. The number of ether oxygens (including phenoxy) is 3. The van der Waals surface area contributed by atoms with Crippen LogP contribution in [0.25, 0.3) is 0 Å². The molecule has 35 heavy (non-hydrogen) atoms. The third-order valence-electron chi connectivity index (χ3n) is 6.74.